The Morgan fingerprint density at radius 1 is 1.29 bits per heavy atom. The highest BCUT2D eigenvalue weighted by atomic mass is 16.3. The van der Waals surface area contributed by atoms with Gasteiger partial charge in [0.2, 0.25) is 0 Å². The van der Waals surface area contributed by atoms with E-state index in [-0.39, 0.29) is 24.3 Å². The van der Waals surface area contributed by atoms with Crippen LogP contribution in [0, 0.1) is 0 Å². The average molecular weight is 329 g/mol. The minimum atomic E-state index is -0.116. The maximum atomic E-state index is 12.6. The minimum Gasteiger partial charge on any atom is -0.396 e. The van der Waals surface area contributed by atoms with Crippen molar-refractivity contribution in [3.63, 3.8) is 0 Å². The Balaban J connectivity index is 2.08. The van der Waals surface area contributed by atoms with Gasteiger partial charge in [0.1, 0.15) is 5.69 Å². The molecule has 1 aromatic heterocycles. The maximum absolute atomic E-state index is 12.6. The molecule has 5 nitrogen and oxygen atoms in total. The van der Waals surface area contributed by atoms with Gasteiger partial charge in [-0.05, 0) is 30.9 Å². The Labute approximate surface area is 143 Å². The zero-order chi connectivity index (χ0) is 17.5. The van der Waals surface area contributed by atoms with Crippen LogP contribution in [0.5, 0.6) is 0 Å². The van der Waals surface area contributed by atoms with Crippen molar-refractivity contribution in [2.45, 2.75) is 45.6 Å². The highest BCUT2D eigenvalue weighted by Gasteiger charge is 2.18. The molecule has 0 aliphatic carbocycles. The van der Waals surface area contributed by atoms with Crippen LogP contribution in [0.15, 0.2) is 36.4 Å². The molecule has 24 heavy (non-hydrogen) atoms. The van der Waals surface area contributed by atoms with Gasteiger partial charge in [0.15, 0.2) is 0 Å². The largest absolute Gasteiger partial charge is 0.396 e. The quantitative estimate of drug-likeness (QED) is 0.782. The van der Waals surface area contributed by atoms with E-state index in [0.29, 0.717) is 25.2 Å². The third kappa shape index (κ3) is 4.45. The molecular weight excluding hydrogens is 302 g/mol. The summed E-state index contributed by atoms with van der Waals surface area (Å²) >= 11 is 0. The van der Waals surface area contributed by atoms with Crippen LogP contribution >= 0.6 is 0 Å². The van der Waals surface area contributed by atoms with Crippen molar-refractivity contribution in [2.75, 3.05) is 13.2 Å². The molecule has 130 valence electrons. The molecule has 1 atom stereocenters. The molecule has 2 aromatic rings. The van der Waals surface area contributed by atoms with E-state index >= 15 is 0 Å². The summed E-state index contributed by atoms with van der Waals surface area (Å²) in [6, 6.07) is 11.8. The highest BCUT2D eigenvalue weighted by Crippen LogP contribution is 2.19. The molecule has 0 aliphatic rings. The molecule has 1 unspecified atom stereocenters. The van der Waals surface area contributed by atoms with Crippen molar-refractivity contribution in [1.82, 2.24) is 15.1 Å². The SMILES string of the molecule is CCn1nc(C(C)C)cc1C(=O)NCC(CCO)c1ccccc1. The molecule has 1 heterocycles. The molecule has 5 heteroatoms. The van der Waals surface area contributed by atoms with E-state index in [1.54, 1.807) is 4.68 Å². The first-order chi connectivity index (χ1) is 11.6. The topological polar surface area (TPSA) is 67.2 Å². The van der Waals surface area contributed by atoms with Crippen molar-refractivity contribution in [3.05, 3.63) is 53.3 Å². The predicted molar refractivity (Wildman–Crippen MR) is 95.2 cm³/mol. The monoisotopic (exact) mass is 329 g/mol. The number of amides is 1. The number of hydrogen-bond acceptors (Lipinski definition) is 3. The molecule has 0 spiro atoms. The fraction of sp³-hybridized carbons (Fsp3) is 0.474. The molecule has 2 rings (SSSR count). The molecule has 0 radical (unpaired) electrons. The van der Waals surface area contributed by atoms with E-state index in [0.717, 1.165) is 11.3 Å². The van der Waals surface area contributed by atoms with Gasteiger partial charge < -0.3 is 10.4 Å². The fourth-order valence-corrected chi connectivity index (χ4v) is 2.72. The highest BCUT2D eigenvalue weighted by molar-refractivity contribution is 5.92. The van der Waals surface area contributed by atoms with Gasteiger partial charge in [-0.2, -0.15) is 5.10 Å². The average Bonchev–Trinajstić information content (AvgIpc) is 3.04. The zero-order valence-electron chi connectivity index (χ0n) is 14.7. The van der Waals surface area contributed by atoms with Crippen molar-refractivity contribution in [1.29, 1.82) is 0 Å². The van der Waals surface area contributed by atoms with Gasteiger partial charge in [-0.15, -0.1) is 0 Å². The lowest BCUT2D eigenvalue weighted by atomic mass is 9.96. The van der Waals surface area contributed by atoms with E-state index < -0.39 is 0 Å². The number of carbonyl (C=O) groups excluding carboxylic acids is 1. The summed E-state index contributed by atoms with van der Waals surface area (Å²) in [5.74, 6) is 0.272. The third-order valence-electron chi connectivity index (χ3n) is 4.18. The van der Waals surface area contributed by atoms with Crippen LogP contribution in [0.25, 0.3) is 0 Å². The van der Waals surface area contributed by atoms with Gasteiger partial charge in [-0.25, -0.2) is 0 Å². The van der Waals surface area contributed by atoms with Crippen molar-refractivity contribution in [2.24, 2.45) is 0 Å². The first-order valence-corrected chi connectivity index (χ1v) is 8.58. The lowest BCUT2D eigenvalue weighted by molar-refractivity contribution is 0.0938. The summed E-state index contributed by atoms with van der Waals surface area (Å²) in [5, 5.41) is 16.8. The molecule has 0 aliphatic heterocycles. The van der Waals surface area contributed by atoms with Gasteiger partial charge in [-0.3, -0.25) is 9.48 Å². The smallest absolute Gasteiger partial charge is 0.269 e. The van der Waals surface area contributed by atoms with E-state index in [4.69, 9.17) is 0 Å². The predicted octanol–water partition coefficient (Wildman–Crippen LogP) is 2.92. The molecular formula is C19H27N3O2. The van der Waals surface area contributed by atoms with Crippen LogP contribution < -0.4 is 5.32 Å². The van der Waals surface area contributed by atoms with Gasteiger partial charge in [-0.1, -0.05) is 44.2 Å². The second-order valence-corrected chi connectivity index (χ2v) is 6.25. The molecule has 1 amide bonds. The number of aliphatic hydroxyl groups excluding tert-OH is 1. The van der Waals surface area contributed by atoms with Crippen molar-refractivity contribution in [3.8, 4) is 0 Å². The summed E-state index contributed by atoms with van der Waals surface area (Å²) in [5.41, 5.74) is 2.65. The van der Waals surface area contributed by atoms with Gasteiger partial charge in [0.25, 0.3) is 5.91 Å². The summed E-state index contributed by atoms with van der Waals surface area (Å²) in [6.45, 7) is 7.36. The Bertz CT molecular complexity index is 650. The summed E-state index contributed by atoms with van der Waals surface area (Å²) in [7, 11) is 0. The van der Waals surface area contributed by atoms with Crippen LogP contribution in [-0.4, -0.2) is 33.9 Å². The zero-order valence-corrected chi connectivity index (χ0v) is 14.7. The molecule has 2 N–H and O–H groups in total. The van der Waals surface area contributed by atoms with Crippen molar-refractivity contribution < 1.29 is 9.90 Å². The second-order valence-electron chi connectivity index (χ2n) is 6.25. The first kappa shape index (κ1) is 18.2. The summed E-state index contributed by atoms with van der Waals surface area (Å²) in [4.78, 5) is 12.6. The number of aryl methyl sites for hydroxylation is 1. The number of rotatable bonds is 8. The summed E-state index contributed by atoms with van der Waals surface area (Å²) in [6.07, 6.45) is 0.620. The molecule has 0 bridgehead atoms. The van der Waals surface area contributed by atoms with E-state index in [1.165, 1.54) is 0 Å². The Hall–Kier alpha value is -2.14. The normalized spacial score (nSPS) is 12.4. The standard InChI is InChI=1S/C19H27N3O2/c1-4-22-18(12-17(21-22)14(2)3)19(24)20-13-16(10-11-23)15-8-6-5-7-9-15/h5-9,12,14,16,23H,4,10-11,13H2,1-3H3,(H,20,24). The van der Waals surface area contributed by atoms with E-state index in [9.17, 15) is 9.90 Å². The van der Waals surface area contributed by atoms with E-state index in [2.05, 4.69) is 24.3 Å². The van der Waals surface area contributed by atoms with Crippen molar-refractivity contribution >= 4 is 5.91 Å². The number of nitrogens with zero attached hydrogens (tertiary/aromatic N) is 2. The Morgan fingerprint density at radius 3 is 2.58 bits per heavy atom. The number of nitrogens with one attached hydrogen (secondary N) is 1. The number of aliphatic hydroxyl groups is 1. The molecule has 0 saturated heterocycles. The Morgan fingerprint density at radius 2 is 2.00 bits per heavy atom. The van der Waals surface area contributed by atoms with Gasteiger partial charge >= 0.3 is 0 Å². The van der Waals surface area contributed by atoms with E-state index in [1.807, 2.05) is 43.3 Å². The number of aromatic nitrogens is 2. The molecule has 0 fully saturated rings. The van der Waals surface area contributed by atoms with Crippen LogP contribution in [-0.2, 0) is 6.54 Å². The maximum Gasteiger partial charge on any atom is 0.269 e. The first-order valence-electron chi connectivity index (χ1n) is 8.58. The number of carbonyl (C=O) groups is 1. The number of hydrogen-bond donors (Lipinski definition) is 2. The van der Waals surface area contributed by atoms with Gasteiger partial charge in [0.05, 0.1) is 5.69 Å². The lowest BCUT2D eigenvalue weighted by Gasteiger charge is -2.17. The lowest BCUT2D eigenvalue weighted by Crippen LogP contribution is -2.30. The Kier molecular flexibility index (Phi) is 6.55. The summed E-state index contributed by atoms with van der Waals surface area (Å²) < 4.78 is 1.74. The van der Waals surface area contributed by atoms with Crippen LogP contribution in [0.3, 0.4) is 0 Å². The number of benzene rings is 1. The third-order valence-corrected chi connectivity index (χ3v) is 4.18. The fourth-order valence-electron chi connectivity index (χ4n) is 2.72. The molecule has 0 saturated carbocycles. The van der Waals surface area contributed by atoms with Crippen LogP contribution in [0.1, 0.15) is 60.8 Å². The van der Waals surface area contributed by atoms with Crippen LogP contribution in [0.2, 0.25) is 0 Å². The van der Waals surface area contributed by atoms with Crippen LogP contribution in [0.4, 0.5) is 0 Å². The van der Waals surface area contributed by atoms with Gasteiger partial charge in [0, 0.05) is 25.6 Å². The second kappa shape index (κ2) is 8.64. The minimum absolute atomic E-state index is 0.0970. The molecule has 1 aromatic carbocycles.